The second-order valence-corrected chi connectivity index (χ2v) is 15.8. The summed E-state index contributed by atoms with van der Waals surface area (Å²) in [5, 5.41) is 9.86. The summed E-state index contributed by atoms with van der Waals surface area (Å²) in [4.78, 5) is 0. The van der Waals surface area contributed by atoms with Crippen LogP contribution in [0.4, 0.5) is 0 Å². The minimum absolute atomic E-state index is 0.849. The van der Waals surface area contributed by atoms with Crippen molar-refractivity contribution in [3.63, 3.8) is 0 Å². The molecule has 47 heavy (non-hydrogen) atoms. The first-order chi connectivity index (χ1) is 23.2. The number of benzene rings is 8. The molecule has 1 nitrogen and oxygen atoms in total. The third-order valence-electron chi connectivity index (χ3n) is 9.34. The lowest BCUT2D eigenvalue weighted by Crippen LogP contribution is -2.24. The molecular weight excluding hydrogens is 608 g/mol. The van der Waals surface area contributed by atoms with E-state index in [1.54, 1.807) is 11.3 Å². The standard InChI is InChI=1S/C44H29OPS/c45-46(32-16-6-2-7-17-32,33-18-8-3-9-19-33)34-25-27-42-40(29-34)39-28-31(24-26-41(39)47-42)44-37-22-12-10-20-35(37)43(30-14-4-1-5-15-30)36-21-11-13-23-38(36)44/h1-29H. The van der Waals surface area contributed by atoms with Crippen LogP contribution >= 0.6 is 18.5 Å². The third-order valence-corrected chi connectivity index (χ3v) is 13.5. The number of fused-ring (bicyclic) bond motifs is 5. The van der Waals surface area contributed by atoms with Gasteiger partial charge in [0.15, 0.2) is 7.14 Å². The van der Waals surface area contributed by atoms with Gasteiger partial charge < -0.3 is 4.57 Å². The summed E-state index contributed by atoms with van der Waals surface area (Å²) in [6.45, 7) is 0. The highest BCUT2D eigenvalue weighted by Crippen LogP contribution is 2.47. The fourth-order valence-electron chi connectivity index (χ4n) is 7.20. The molecule has 1 heterocycles. The van der Waals surface area contributed by atoms with Crippen LogP contribution in [-0.2, 0) is 4.57 Å². The third kappa shape index (κ3) is 4.48. The van der Waals surface area contributed by atoms with E-state index in [4.69, 9.17) is 0 Å². The predicted molar refractivity (Wildman–Crippen MR) is 205 cm³/mol. The van der Waals surface area contributed by atoms with Gasteiger partial charge in [0, 0.05) is 36.1 Å². The lowest BCUT2D eigenvalue weighted by Gasteiger charge is -2.20. The molecule has 0 aliphatic rings. The first-order valence-corrected chi connectivity index (χ1v) is 18.4. The first kappa shape index (κ1) is 28.0. The summed E-state index contributed by atoms with van der Waals surface area (Å²) in [6, 6.07) is 61.5. The molecule has 0 amide bonds. The molecule has 0 radical (unpaired) electrons. The van der Waals surface area contributed by atoms with Crippen molar-refractivity contribution in [3.8, 4) is 22.3 Å². The topological polar surface area (TPSA) is 17.1 Å². The quantitative estimate of drug-likeness (QED) is 0.136. The van der Waals surface area contributed by atoms with Gasteiger partial charge in [-0.05, 0) is 74.1 Å². The second kappa shape index (κ2) is 11.2. The molecular formula is C44H29OPS. The Kier molecular flexibility index (Phi) is 6.68. The van der Waals surface area contributed by atoms with Crippen molar-refractivity contribution in [1.82, 2.24) is 0 Å². The Labute approximate surface area is 277 Å². The zero-order valence-electron chi connectivity index (χ0n) is 25.5. The van der Waals surface area contributed by atoms with Crippen molar-refractivity contribution in [2.75, 3.05) is 0 Å². The van der Waals surface area contributed by atoms with Gasteiger partial charge >= 0.3 is 0 Å². The van der Waals surface area contributed by atoms with E-state index in [-0.39, 0.29) is 0 Å². The molecule has 9 rings (SSSR count). The van der Waals surface area contributed by atoms with E-state index in [2.05, 4.69) is 115 Å². The van der Waals surface area contributed by atoms with Crippen LogP contribution in [0.15, 0.2) is 176 Å². The summed E-state index contributed by atoms with van der Waals surface area (Å²) in [6.07, 6.45) is 0. The van der Waals surface area contributed by atoms with Crippen LogP contribution in [0.5, 0.6) is 0 Å². The predicted octanol–water partition coefficient (Wildman–Crippen LogP) is 11.3. The summed E-state index contributed by atoms with van der Waals surface area (Å²) in [5.41, 5.74) is 4.92. The average molecular weight is 637 g/mol. The SMILES string of the molecule is O=P(c1ccccc1)(c1ccccc1)c1ccc2sc3ccc(-c4c5ccccc5c(-c5ccccc5)c5ccccc45)cc3c2c1. The Bertz CT molecular complexity index is 2540. The summed E-state index contributed by atoms with van der Waals surface area (Å²) in [5.74, 6) is 0. The van der Waals surface area contributed by atoms with Crippen LogP contribution < -0.4 is 15.9 Å². The molecule has 9 aromatic rings. The van der Waals surface area contributed by atoms with Gasteiger partial charge in [0.2, 0.25) is 0 Å². The highest BCUT2D eigenvalue weighted by molar-refractivity contribution is 7.85. The van der Waals surface area contributed by atoms with Gasteiger partial charge in [0.25, 0.3) is 0 Å². The molecule has 8 aromatic carbocycles. The molecule has 1 aromatic heterocycles. The monoisotopic (exact) mass is 636 g/mol. The maximum atomic E-state index is 15.3. The molecule has 222 valence electrons. The van der Waals surface area contributed by atoms with E-state index < -0.39 is 7.14 Å². The minimum atomic E-state index is -3.10. The van der Waals surface area contributed by atoms with E-state index >= 15 is 4.57 Å². The molecule has 0 saturated carbocycles. The lowest BCUT2D eigenvalue weighted by atomic mass is 9.86. The van der Waals surface area contributed by atoms with Crippen LogP contribution in [0.1, 0.15) is 0 Å². The van der Waals surface area contributed by atoms with Crippen LogP contribution in [0.2, 0.25) is 0 Å². The molecule has 3 heteroatoms. The average Bonchev–Trinajstić information content (AvgIpc) is 3.52. The number of rotatable bonds is 5. The molecule has 0 atom stereocenters. The van der Waals surface area contributed by atoms with Gasteiger partial charge in [-0.3, -0.25) is 0 Å². The molecule has 0 unspecified atom stereocenters. The lowest BCUT2D eigenvalue weighted by molar-refractivity contribution is 0.592. The smallest absolute Gasteiger partial charge is 0.171 e. The van der Waals surface area contributed by atoms with Gasteiger partial charge in [-0.1, -0.05) is 146 Å². The number of hydrogen-bond donors (Lipinski definition) is 0. The maximum absolute atomic E-state index is 15.3. The Morgan fingerprint density at radius 1 is 0.340 bits per heavy atom. The highest BCUT2D eigenvalue weighted by atomic mass is 32.1. The van der Waals surface area contributed by atoms with Crippen molar-refractivity contribution in [3.05, 3.63) is 176 Å². The summed E-state index contributed by atoms with van der Waals surface area (Å²) < 4.78 is 17.7. The Morgan fingerprint density at radius 2 is 0.766 bits per heavy atom. The van der Waals surface area contributed by atoms with Gasteiger partial charge in [0.1, 0.15) is 0 Å². The van der Waals surface area contributed by atoms with Crippen molar-refractivity contribution < 1.29 is 4.57 Å². The van der Waals surface area contributed by atoms with Crippen LogP contribution in [-0.4, -0.2) is 0 Å². The van der Waals surface area contributed by atoms with Gasteiger partial charge in [-0.15, -0.1) is 11.3 Å². The molecule has 0 fully saturated rings. The zero-order chi connectivity index (χ0) is 31.4. The normalized spacial score (nSPS) is 11.9. The van der Waals surface area contributed by atoms with Crippen molar-refractivity contribution in [1.29, 1.82) is 0 Å². The zero-order valence-corrected chi connectivity index (χ0v) is 27.2. The molecule has 0 saturated heterocycles. The fraction of sp³-hybridized carbons (Fsp3) is 0. The largest absolute Gasteiger partial charge is 0.309 e. The van der Waals surface area contributed by atoms with E-state index in [0.29, 0.717) is 0 Å². The summed E-state index contributed by atoms with van der Waals surface area (Å²) >= 11 is 1.79. The van der Waals surface area contributed by atoms with E-state index in [9.17, 15) is 0 Å². The van der Waals surface area contributed by atoms with Gasteiger partial charge in [-0.2, -0.15) is 0 Å². The minimum Gasteiger partial charge on any atom is -0.309 e. The van der Waals surface area contributed by atoms with Crippen molar-refractivity contribution in [2.45, 2.75) is 0 Å². The van der Waals surface area contributed by atoms with E-state index in [0.717, 1.165) is 21.3 Å². The molecule has 0 bridgehead atoms. The number of hydrogen-bond acceptors (Lipinski definition) is 2. The van der Waals surface area contributed by atoms with Gasteiger partial charge in [0.05, 0.1) is 0 Å². The summed E-state index contributed by atoms with van der Waals surface area (Å²) in [7, 11) is -3.10. The Balaban J connectivity index is 1.30. The van der Waals surface area contributed by atoms with Crippen LogP contribution in [0.25, 0.3) is 64.0 Å². The van der Waals surface area contributed by atoms with Crippen LogP contribution in [0.3, 0.4) is 0 Å². The van der Waals surface area contributed by atoms with Crippen molar-refractivity contribution in [2.24, 2.45) is 0 Å². The fourth-order valence-corrected chi connectivity index (χ4v) is 10.9. The molecule has 0 N–H and O–H groups in total. The number of thiophene rings is 1. The highest BCUT2D eigenvalue weighted by Gasteiger charge is 2.30. The van der Waals surface area contributed by atoms with E-state index in [1.807, 2.05) is 60.7 Å². The first-order valence-electron chi connectivity index (χ1n) is 15.9. The van der Waals surface area contributed by atoms with Crippen molar-refractivity contribution >= 4 is 76.1 Å². The van der Waals surface area contributed by atoms with E-state index in [1.165, 1.54) is 58.6 Å². The molecule has 0 aliphatic heterocycles. The van der Waals surface area contributed by atoms with Crippen LogP contribution in [0, 0.1) is 0 Å². The molecule has 0 aliphatic carbocycles. The second-order valence-electron chi connectivity index (χ2n) is 12.0. The Hall–Kier alpha value is -5.27. The molecule has 0 spiro atoms. The maximum Gasteiger partial charge on any atom is 0.171 e. The van der Waals surface area contributed by atoms with Gasteiger partial charge in [-0.25, -0.2) is 0 Å². The Morgan fingerprint density at radius 3 is 1.30 bits per heavy atom.